The molecule has 0 bridgehead atoms. The lowest BCUT2D eigenvalue weighted by Gasteiger charge is -2.14. The summed E-state index contributed by atoms with van der Waals surface area (Å²) in [6, 6.07) is 1.06. The number of hydrogen-bond donors (Lipinski definition) is 0. The van der Waals surface area contributed by atoms with Crippen molar-refractivity contribution in [3.63, 3.8) is 0 Å². The maximum atomic E-state index is 12.2. The van der Waals surface area contributed by atoms with E-state index in [-0.39, 0.29) is 12.8 Å². The van der Waals surface area contributed by atoms with Gasteiger partial charge in [0.1, 0.15) is 0 Å². The van der Waals surface area contributed by atoms with Crippen molar-refractivity contribution in [2.75, 3.05) is 0 Å². The number of nitriles is 1. The molecule has 0 saturated heterocycles. The first-order valence-corrected chi connectivity index (χ1v) is 2.75. The van der Waals surface area contributed by atoms with Gasteiger partial charge in [-0.3, -0.25) is 0 Å². The number of nitrogens with zero attached hydrogens (tertiary/aromatic N) is 1. The molecule has 0 amide bonds. The van der Waals surface area contributed by atoms with E-state index in [4.69, 9.17) is 8.00 Å². The Labute approximate surface area is 59.3 Å². The summed E-state index contributed by atoms with van der Waals surface area (Å²) in [5, 5.41) is 8.21. The van der Waals surface area contributed by atoms with Gasteiger partial charge in [-0.2, -0.15) is 18.4 Å². The van der Waals surface area contributed by atoms with Crippen molar-refractivity contribution in [1.82, 2.24) is 0 Å². The molecule has 1 aliphatic carbocycles. The first kappa shape index (κ1) is 5.00. The van der Waals surface area contributed by atoms with E-state index in [0.29, 0.717) is 0 Å². The molecule has 0 spiro atoms. The Kier molecular flexibility index (Phi) is 0.940. The largest absolute Gasteiger partial charge is 0.395 e. The fourth-order valence-corrected chi connectivity index (χ4v) is 0.711. The lowest BCUT2D eigenvalue weighted by molar-refractivity contribution is -0.185. The minimum atomic E-state index is -4.60. The van der Waals surface area contributed by atoms with Crippen LogP contribution in [0, 0.1) is 16.7 Å². The second kappa shape index (κ2) is 1.88. The minimum absolute atomic E-state index is 0.281. The molecule has 1 aliphatic rings. The summed E-state index contributed by atoms with van der Waals surface area (Å²) in [5.74, 6) is 0. The van der Waals surface area contributed by atoms with E-state index in [1.165, 1.54) is 0 Å². The summed E-state index contributed by atoms with van der Waals surface area (Å²) in [6.07, 6.45) is -7.95. The molecule has 0 radical (unpaired) electrons. The molecule has 56 valence electrons. The first-order valence-electron chi connectivity index (χ1n) is 3.75. The van der Waals surface area contributed by atoms with Gasteiger partial charge in [-0.05, 0) is 12.8 Å². The van der Waals surface area contributed by atoms with Crippen LogP contribution in [0.4, 0.5) is 13.2 Å². The van der Waals surface area contributed by atoms with E-state index in [0.717, 1.165) is 6.07 Å². The van der Waals surface area contributed by atoms with Gasteiger partial charge in [-0.1, -0.05) is 0 Å². The van der Waals surface area contributed by atoms with Crippen molar-refractivity contribution in [2.24, 2.45) is 5.41 Å². The van der Waals surface area contributed by atoms with E-state index in [1.54, 1.807) is 0 Å². The van der Waals surface area contributed by atoms with Crippen LogP contribution >= 0.6 is 0 Å². The molecule has 1 nitrogen and oxygen atoms in total. The Bertz CT molecular complexity index is 236. The Morgan fingerprint density at radius 1 is 1.60 bits per heavy atom. The molecular formula is C6H6F3N. The zero-order valence-electron chi connectivity index (χ0n) is 7.00. The number of halogens is 3. The lowest BCUT2D eigenvalue weighted by Crippen LogP contribution is -2.23. The van der Waals surface area contributed by atoms with Crippen LogP contribution in [-0.4, -0.2) is 6.18 Å². The normalized spacial score (nSPS) is 26.2. The standard InChI is InChI=1S/C6H6F3N/c7-6(8,9)5(1-2-5)3-4-10/h1-3H2/i3D2. The average molecular weight is 151 g/mol. The third-order valence-corrected chi connectivity index (χ3v) is 1.59. The summed E-state index contributed by atoms with van der Waals surface area (Å²) in [6.45, 7) is 0. The van der Waals surface area contributed by atoms with Crippen LogP contribution < -0.4 is 0 Å². The third kappa shape index (κ3) is 0.962. The van der Waals surface area contributed by atoms with Crippen molar-refractivity contribution in [1.29, 1.82) is 5.26 Å². The highest BCUT2D eigenvalue weighted by Gasteiger charge is 2.62. The maximum absolute atomic E-state index is 12.2. The highest BCUT2D eigenvalue weighted by molar-refractivity contribution is 5.03. The Morgan fingerprint density at radius 2 is 2.10 bits per heavy atom. The molecule has 1 fully saturated rings. The lowest BCUT2D eigenvalue weighted by atomic mass is 10.0. The topological polar surface area (TPSA) is 23.8 Å². The minimum Gasteiger partial charge on any atom is -0.198 e. The molecule has 0 N–H and O–H groups in total. The summed E-state index contributed by atoms with van der Waals surface area (Å²) < 4.78 is 50.3. The fraction of sp³-hybridized carbons (Fsp3) is 0.833. The predicted octanol–water partition coefficient (Wildman–Crippen LogP) is 2.24. The smallest absolute Gasteiger partial charge is 0.198 e. The fourth-order valence-electron chi connectivity index (χ4n) is 0.711. The van der Waals surface area contributed by atoms with Crippen LogP contribution in [-0.2, 0) is 0 Å². The number of hydrogen-bond acceptors (Lipinski definition) is 1. The van der Waals surface area contributed by atoms with Crippen LogP contribution in [0.25, 0.3) is 0 Å². The van der Waals surface area contributed by atoms with Gasteiger partial charge in [0, 0.05) is 9.11 Å². The van der Waals surface area contributed by atoms with Crippen molar-refractivity contribution in [3.05, 3.63) is 0 Å². The van der Waals surface area contributed by atoms with E-state index in [9.17, 15) is 13.2 Å². The summed E-state index contributed by atoms with van der Waals surface area (Å²) >= 11 is 0. The second-order valence-corrected chi connectivity index (χ2v) is 2.32. The molecule has 0 aromatic rings. The van der Waals surface area contributed by atoms with Crippen LogP contribution in [0.2, 0.25) is 0 Å². The van der Waals surface area contributed by atoms with Crippen molar-refractivity contribution in [2.45, 2.75) is 25.4 Å². The van der Waals surface area contributed by atoms with Crippen LogP contribution in [0.3, 0.4) is 0 Å². The number of rotatable bonds is 1. The van der Waals surface area contributed by atoms with Gasteiger partial charge in [-0.25, -0.2) is 0 Å². The Balaban J connectivity index is 2.97. The molecule has 1 saturated carbocycles. The monoisotopic (exact) mass is 151 g/mol. The molecule has 0 heterocycles. The summed E-state index contributed by atoms with van der Waals surface area (Å²) in [7, 11) is 0. The van der Waals surface area contributed by atoms with Gasteiger partial charge < -0.3 is 0 Å². The molecular weight excluding hydrogens is 143 g/mol. The molecule has 0 unspecified atom stereocenters. The van der Waals surface area contributed by atoms with Gasteiger partial charge in [0.25, 0.3) is 0 Å². The van der Waals surface area contributed by atoms with E-state index >= 15 is 0 Å². The highest BCUT2D eigenvalue weighted by Crippen LogP contribution is 2.59. The Morgan fingerprint density at radius 3 is 2.20 bits per heavy atom. The third-order valence-electron chi connectivity index (χ3n) is 1.59. The van der Waals surface area contributed by atoms with E-state index < -0.39 is 18.0 Å². The molecule has 1 rings (SSSR count). The van der Waals surface area contributed by atoms with Crippen LogP contribution in [0.5, 0.6) is 0 Å². The zero-order valence-corrected chi connectivity index (χ0v) is 5.00. The van der Waals surface area contributed by atoms with Gasteiger partial charge >= 0.3 is 6.18 Å². The number of alkyl halides is 3. The van der Waals surface area contributed by atoms with Crippen LogP contribution in [0.15, 0.2) is 0 Å². The molecule has 0 aliphatic heterocycles. The van der Waals surface area contributed by atoms with Gasteiger partial charge in [0.05, 0.1) is 11.5 Å². The van der Waals surface area contributed by atoms with Gasteiger partial charge in [-0.15, -0.1) is 0 Å². The molecule has 4 heteroatoms. The summed E-state index contributed by atoms with van der Waals surface area (Å²) in [4.78, 5) is 0. The van der Waals surface area contributed by atoms with Crippen LogP contribution in [0.1, 0.15) is 22.0 Å². The molecule has 10 heavy (non-hydrogen) atoms. The highest BCUT2D eigenvalue weighted by atomic mass is 19.4. The first-order chi connectivity index (χ1) is 5.27. The zero-order chi connectivity index (χ0) is 9.62. The predicted molar refractivity (Wildman–Crippen MR) is 28.0 cm³/mol. The van der Waals surface area contributed by atoms with E-state index in [2.05, 4.69) is 0 Å². The van der Waals surface area contributed by atoms with Crippen molar-refractivity contribution < 1.29 is 15.9 Å². The second-order valence-electron chi connectivity index (χ2n) is 2.32. The maximum Gasteiger partial charge on any atom is 0.395 e. The molecule has 0 aromatic heterocycles. The Hall–Kier alpha value is -0.720. The average Bonchev–Trinajstić information content (AvgIpc) is 2.63. The molecule has 0 aromatic carbocycles. The van der Waals surface area contributed by atoms with Gasteiger partial charge in [0.2, 0.25) is 0 Å². The van der Waals surface area contributed by atoms with Gasteiger partial charge in [0.15, 0.2) is 0 Å². The van der Waals surface area contributed by atoms with Crippen molar-refractivity contribution >= 4 is 0 Å². The van der Waals surface area contributed by atoms with E-state index in [1.807, 2.05) is 0 Å². The molecule has 0 atom stereocenters. The quantitative estimate of drug-likeness (QED) is 0.563. The summed E-state index contributed by atoms with van der Waals surface area (Å²) in [5.41, 5.74) is -2.39. The van der Waals surface area contributed by atoms with Crippen molar-refractivity contribution in [3.8, 4) is 6.07 Å². The SMILES string of the molecule is [2H]C([2H])(C#N)C1(C(F)(F)F)CC1.